The van der Waals surface area contributed by atoms with Crippen molar-refractivity contribution in [3.05, 3.63) is 11.8 Å². The normalized spacial score (nSPS) is 38.6. The van der Waals surface area contributed by atoms with Crippen LogP contribution < -0.4 is 11.1 Å². The van der Waals surface area contributed by atoms with E-state index >= 15 is 0 Å². The number of hydrogen-bond acceptors (Lipinski definition) is 7. The second kappa shape index (κ2) is 6.72. The summed E-state index contributed by atoms with van der Waals surface area (Å²) in [5.74, 6) is -1.63. The van der Waals surface area contributed by atoms with E-state index in [-0.39, 0.29) is 46.8 Å². The van der Waals surface area contributed by atoms with Crippen LogP contribution in [0, 0.1) is 5.92 Å². The summed E-state index contributed by atoms with van der Waals surface area (Å²) < 4.78 is -1.09. The van der Waals surface area contributed by atoms with E-state index in [1.807, 2.05) is 6.92 Å². The Bertz CT molecular complexity index is 752. The molecule has 2 amide bonds. The molecule has 0 aliphatic carbocycles. The van der Waals surface area contributed by atoms with Gasteiger partial charge in [0.1, 0.15) is 10.4 Å². The smallest absolute Gasteiger partial charge is 0.352 e. The van der Waals surface area contributed by atoms with E-state index in [0.29, 0.717) is 26.1 Å². The van der Waals surface area contributed by atoms with Crippen molar-refractivity contribution in [2.75, 3.05) is 19.6 Å². The van der Waals surface area contributed by atoms with Crippen molar-refractivity contribution in [1.82, 2.24) is 15.1 Å². The molecule has 6 atom stereocenters. The van der Waals surface area contributed by atoms with Gasteiger partial charge in [-0.25, -0.2) is 4.79 Å². The lowest BCUT2D eigenvalue weighted by Gasteiger charge is -2.56. The Morgan fingerprint density at radius 1 is 1.43 bits per heavy atom. The number of aliphatic carboxylic acids is 1. The van der Waals surface area contributed by atoms with E-state index in [1.165, 1.54) is 16.7 Å². The maximum atomic E-state index is 13.0. The van der Waals surface area contributed by atoms with Gasteiger partial charge in [-0.2, -0.15) is 0 Å². The number of carboxylic acids is 1. The first-order chi connectivity index (χ1) is 13.2. The maximum Gasteiger partial charge on any atom is 0.352 e. The number of fused-ring (bicyclic) bond motifs is 1. The molecule has 5 N–H and O–H groups in total. The number of nitrogens with two attached hydrogens (primary N) is 1. The second-order valence-electron chi connectivity index (χ2n) is 8.24. The number of aliphatic hydroxyl groups is 1. The van der Waals surface area contributed by atoms with Crippen LogP contribution in [0.25, 0.3) is 0 Å². The van der Waals surface area contributed by atoms with Gasteiger partial charge >= 0.3 is 5.97 Å². The average Bonchev–Trinajstić information content (AvgIpc) is 3.18. The predicted octanol–water partition coefficient (Wildman–Crippen LogP) is -1.43. The summed E-state index contributed by atoms with van der Waals surface area (Å²) in [5.41, 5.74) is 5.74. The van der Waals surface area contributed by atoms with Gasteiger partial charge in [0, 0.05) is 30.9 Å². The molecule has 0 aromatic carbocycles. The number of carbonyl (C=O) groups is 3. The number of likely N-dealkylation sites (tertiary alicyclic amines) is 1. The first kappa shape index (κ1) is 19.7. The van der Waals surface area contributed by atoms with Crippen molar-refractivity contribution in [2.45, 2.75) is 54.5 Å². The van der Waals surface area contributed by atoms with Crippen LogP contribution in [0.1, 0.15) is 20.3 Å². The summed E-state index contributed by atoms with van der Waals surface area (Å²) in [4.78, 5) is 40.0. The summed E-state index contributed by atoms with van der Waals surface area (Å²) in [6, 6.07) is -0.650. The highest BCUT2D eigenvalue weighted by Gasteiger charge is 2.69. The van der Waals surface area contributed by atoms with Crippen molar-refractivity contribution in [3.8, 4) is 0 Å². The molecule has 10 heteroatoms. The van der Waals surface area contributed by atoms with Gasteiger partial charge in [-0.1, -0.05) is 6.92 Å². The number of nitrogens with zero attached hydrogens (tertiary/aromatic N) is 2. The molecule has 0 aromatic heterocycles. The first-order valence-corrected chi connectivity index (χ1v) is 10.5. The lowest BCUT2D eigenvalue weighted by atomic mass is 9.78. The molecule has 9 nitrogen and oxygen atoms in total. The predicted molar refractivity (Wildman–Crippen MR) is 102 cm³/mol. The Hall–Kier alpha value is -1.62. The number of nitrogens with one attached hydrogen (secondary N) is 1. The molecular weight excluding hydrogens is 384 g/mol. The van der Waals surface area contributed by atoms with Gasteiger partial charge in [0.15, 0.2) is 0 Å². The minimum atomic E-state index is -1.13. The fourth-order valence-electron chi connectivity index (χ4n) is 4.86. The minimum Gasteiger partial charge on any atom is -0.477 e. The molecule has 4 aliphatic rings. The molecule has 3 fully saturated rings. The summed E-state index contributed by atoms with van der Waals surface area (Å²) >= 11 is 1.39. The molecule has 154 valence electrons. The minimum absolute atomic E-state index is 0.00824. The van der Waals surface area contributed by atoms with Crippen molar-refractivity contribution in [3.63, 3.8) is 0 Å². The highest BCUT2D eigenvalue weighted by Crippen LogP contribution is 2.55. The van der Waals surface area contributed by atoms with Gasteiger partial charge in [0.2, 0.25) is 11.8 Å². The third-order valence-electron chi connectivity index (χ3n) is 6.26. The van der Waals surface area contributed by atoms with Crippen molar-refractivity contribution >= 4 is 29.5 Å². The monoisotopic (exact) mass is 410 g/mol. The lowest BCUT2D eigenvalue weighted by Crippen LogP contribution is -2.76. The quantitative estimate of drug-likeness (QED) is 0.405. The summed E-state index contributed by atoms with van der Waals surface area (Å²) in [5, 5.41) is 23.1. The van der Waals surface area contributed by atoms with Gasteiger partial charge in [-0.15, -0.1) is 11.8 Å². The molecule has 28 heavy (non-hydrogen) atoms. The second-order valence-corrected chi connectivity index (χ2v) is 9.82. The molecular formula is C18H26N4O5S. The van der Waals surface area contributed by atoms with Crippen molar-refractivity contribution in [2.24, 2.45) is 11.7 Å². The Balaban J connectivity index is 1.47. The number of thioether (sulfide) groups is 1. The molecule has 0 bridgehead atoms. The van der Waals surface area contributed by atoms with Crippen LogP contribution >= 0.6 is 11.8 Å². The fraction of sp³-hybridized carbons (Fsp3) is 0.722. The number of carbonyl (C=O) groups excluding carboxylic acids is 2. The van der Waals surface area contributed by atoms with Crippen LogP contribution in [0.2, 0.25) is 0 Å². The maximum absolute atomic E-state index is 13.0. The molecule has 4 aliphatic heterocycles. The molecule has 3 saturated heterocycles. The van der Waals surface area contributed by atoms with Crippen LogP contribution in [-0.4, -0.2) is 91.7 Å². The summed E-state index contributed by atoms with van der Waals surface area (Å²) in [6.07, 6.45) is 1.22. The van der Waals surface area contributed by atoms with Crippen LogP contribution in [0.3, 0.4) is 0 Å². The Kier molecular flexibility index (Phi) is 4.72. The fourth-order valence-corrected chi connectivity index (χ4v) is 6.74. The van der Waals surface area contributed by atoms with Crippen LogP contribution in [0.15, 0.2) is 11.8 Å². The summed E-state index contributed by atoms with van der Waals surface area (Å²) in [7, 11) is 0. The molecule has 4 heterocycles. The van der Waals surface area contributed by atoms with Crippen molar-refractivity contribution < 1.29 is 24.6 Å². The van der Waals surface area contributed by atoms with Crippen LogP contribution in [0.4, 0.5) is 0 Å². The van der Waals surface area contributed by atoms with Gasteiger partial charge in [-0.3, -0.25) is 14.5 Å². The van der Waals surface area contributed by atoms with Gasteiger partial charge in [0.25, 0.3) is 0 Å². The zero-order valence-electron chi connectivity index (χ0n) is 15.9. The van der Waals surface area contributed by atoms with Gasteiger partial charge in [-0.05, 0) is 25.3 Å². The van der Waals surface area contributed by atoms with E-state index in [2.05, 4.69) is 5.32 Å². The first-order valence-electron chi connectivity index (χ1n) is 9.59. The van der Waals surface area contributed by atoms with Crippen LogP contribution in [-0.2, 0) is 14.4 Å². The van der Waals surface area contributed by atoms with E-state index in [4.69, 9.17) is 5.73 Å². The summed E-state index contributed by atoms with van der Waals surface area (Å²) in [6.45, 7) is 5.15. The highest BCUT2D eigenvalue weighted by molar-refractivity contribution is 8.02. The zero-order chi connectivity index (χ0) is 20.4. The van der Waals surface area contributed by atoms with E-state index in [0.717, 1.165) is 0 Å². The molecule has 5 unspecified atom stereocenters. The molecule has 0 radical (unpaired) electrons. The molecule has 0 aromatic rings. The Labute approximate surface area is 167 Å². The topological polar surface area (TPSA) is 136 Å². The Morgan fingerprint density at radius 2 is 2.11 bits per heavy atom. The van der Waals surface area contributed by atoms with Crippen LogP contribution in [0.5, 0.6) is 0 Å². The number of carboxylic acid groups (broad SMARTS) is 1. The number of rotatable bonds is 5. The van der Waals surface area contributed by atoms with Gasteiger partial charge < -0.3 is 26.2 Å². The number of hydrogen-bond donors (Lipinski definition) is 4. The number of aliphatic hydroxyl groups excluding tert-OH is 1. The third kappa shape index (κ3) is 2.69. The largest absolute Gasteiger partial charge is 0.477 e. The standard InChI is InChI=1S/C18H26N4O5S/c1-8-3-13(16(25)26)22-14(8)18(9(2)23,17(22)27)28-11-4-12(20-5-11)15(24)21-6-10(19)7-21/h3,8-12,14,20,23H,4-7,19H2,1-2H3,(H,25,26)/t8?,9?,11?,12?,14-,18?/m0/s1. The van der Waals surface area contributed by atoms with E-state index in [1.54, 1.807) is 17.9 Å². The SMILES string of the molecule is CC1C=C(C(=O)O)N2C(=O)C(SC3CNC(C(=O)N4CC(N)C4)C3)(C(C)O)[C@H]12. The highest BCUT2D eigenvalue weighted by atomic mass is 32.2. The van der Waals surface area contributed by atoms with Crippen molar-refractivity contribution in [1.29, 1.82) is 0 Å². The van der Waals surface area contributed by atoms with E-state index in [9.17, 15) is 24.6 Å². The average molecular weight is 410 g/mol. The third-order valence-corrected chi connectivity index (χ3v) is 8.10. The number of amides is 2. The molecule has 0 spiro atoms. The lowest BCUT2D eigenvalue weighted by molar-refractivity contribution is -0.158. The Morgan fingerprint density at radius 3 is 2.68 bits per heavy atom. The van der Waals surface area contributed by atoms with E-state index < -0.39 is 16.8 Å². The molecule has 0 saturated carbocycles. The number of β-lactam (4-membered cyclic amide) rings is 1. The molecule has 4 rings (SSSR count). The van der Waals surface area contributed by atoms with Gasteiger partial charge in [0.05, 0.1) is 18.2 Å². The zero-order valence-corrected chi connectivity index (χ0v) is 16.7.